The van der Waals surface area contributed by atoms with Gasteiger partial charge in [0, 0.05) is 37.4 Å². The SMILES string of the molecule is Cc1cnc(N2CCOC(C(=O)NCC3CCOCC3)C2)s1. The Hall–Kier alpha value is -1.18. The van der Waals surface area contributed by atoms with Crippen LogP contribution in [0.1, 0.15) is 17.7 Å². The number of carbonyl (C=O) groups excluding carboxylic acids is 1. The summed E-state index contributed by atoms with van der Waals surface area (Å²) in [6, 6.07) is 0. The van der Waals surface area contributed by atoms with E-state index in [0.29, 0.717) is 19.1 Å². The van der Waals surface area contributed by atoms with Gasteiger partial charge in [0.15, 0.2) is 11.2 Å². The number of nitrogens with zero attached hydrogens (tertiary/aromatic N) is 2. The van der Waals surface area contributed by atoms with Crippen LogP contribution in [0.3, 0.4) is 0 Å². The molecule has 0 aromatic carbocycles. The monoisotopic (exact) mass is 325 g/mol. The molecule has 1 aromatic heterocycles. The van der Waals surface area contributed by atoms with Gasteiger partial charge in [0.1, 0.15) is 0 Å². The highest BCUT2D eigenvalue weighted by Crippen LogP contribution is 2.23. The van der Waals surface area contributed by atoms with Gasteiger partial charge in [-0.25, -0.2) is 4.98 Å². The van der Waals surface area contributed by atoms with Gasteiger partial charge in [0.05, 0.1) is 13.2 Å². The molecule has 0 saturated carbocycles. The lowest BCUT2D eigenvalue weighted by molar-refractivity contribution is -0.133. The molecule has 2 aliphatic rings. The van der Waals surface area contributed by atoms with Crippen LogP contribution in [0.15, 0.2) is 6.20 Å². The molecule has 2 aliphatic heterocycles. The molecule has 2 fully saturated rings. The summed E-state index contributed by atoms with van der Waals surface area (Å²) in [7, 11) is 0. The number of aromatic nitrogens is 1. The molecule has 1 N–H and O–H groups in total. The molecule has 0 aliphatic carbocycles. The number of amides is 1. The van der Waals surface area contributed by atoms with E-state index in [0.717, 1.165) is 44.3 Å². The number of morpholine rings is 1. The number of rotatable bonds is 4. The summed E-state index contributed by atoms with van der Waals surface area (Å²) < 4.78 is 11.0. The molecule has 3 rings (SSSR count). The van der Waals surface area contributed by atoms with Crippen molar-refractivity contribution in [2.24, 2.45) is 5.92 Å². The van der Waals surface area contributed by atoms with Crippen molar-refractivity contribution in [2.75, 3.05) is 44.4 Å². The first kappa shape index (κ1) is 15.7. The molecular formula is C15H23N3O3S. The Morgan fingerprint density at radius 1 is 1.45 bits per heavy atom. The largest absolute Gasteiger partial charge is 0.381 e. The van der Waals surface area contributed by atoms with Gasteiger partial charge in [-0.3, -0.25) is 4.79 Å². The fourth-order valence-corrected chi connectivity index (χ4v) is 3.57. The minimum Gasteiger partial charge on any atom is -0.381 e. The molecule has 122 valence electrons. The summed E-state index contributed by atoms with van der Waals surface area (Å²) >= 11 is 1.66. The number of aryl methyl sites for hydroxylation is 1. The normalized spacial score (nSPS) is 23.5. The molecule has 7 heteroatoms. The highest BCUT2D eigenvalue weighted by molar-refractivity contribution is 7.15. The standard InChI is InChI=1S/C15H23N3O3S/c1-11-8-17-15(22-11)18-4-7-21-13(10-18)14(19)16-9-12-2-5-20-6-3-12/h8,12-13H,2-7,9-10H2,1H3,(H,16,19). The van der Waals surface area contributed by atoms with Crippen LogP contribution in [0.5, 0.6) is 0 Å². The Morgan fingerprint density at radius 2 is 2.27 bits per heavy atom. The van der Waals surface area contributed by atoms with Gasteiger partial charge in [-0.2, -0.15) is 0 Å². The Balaban J connectivity index is 1.49. The maximum absolute atomic E-state index is 12.3. The van der Waals surface area contributed by atoms with E-state index in [-0.39, 0.29) is 5.91 Å². The molecule has 1 aromatic rings. The summed E-state index contributed by atoms with van der Waals surface area (Å²) in [5.74, 6) is 0.517. The summed E-state index contributed by atoms with van der Waals surface area (Å²) in [6.07, 6.45) is 3.51. The lowest BCUT2D eigenvalue weighted by Crippen LogP contribution is -2.50. The van der Waals surface area contributed by atoms with Crippen molar-refractivity contribution in [1.29, 1.82) is 0 Å². The molecule has 6 nitrogen and oxygen atoms in total. The van der Waals surface area contributed by atoms with E-state index >= 15 is 0 Å². The Bertz CT molecular complexity index is 502. The second-order valence-corrected chi connectivity index (χ2v) is 7.07. The van der Waals surface area contributed by atoms with Crippen molar-refractivity contribution >= 4 is 22.4 Å². The highest BCUT2D eigenvalue weighted by atomic mass is 32.1. The van der Waals surface area contributed by atoms with E-state index < -0.39 is 6.10 Å². The highest BCUT2D eigenvalue weighted by Gasteiger charge is 2.28. The third-order valence-corrected chi connectivity index (χ3v) is 5.12. The van der Waals surface area contributed by atoms with Crippen LogP contribution in [-0.4, -0.2) is 56.5 Å². The molecule has 1 atom stereocenters. The van der Waals surface area contributed by atoms with Crippen molar-refractivity contribution < 1.29 is 14.3 Å². The van der Waals surface area contributed by atoms with E-state index in [1.807, 2.05) is 13.1 Å². The van der Waals surface area contributed by atoms with Gasteiger partial charge < -0.3 is 19.7 Å². The molecule has 3 heterocycles. The van der Waals surface area contributed by atoms with Crippen molar-refractivity contribution in [1.82, 2.24) is 10.3 Å². The van der Waals surface area contributed by atoms with Crippen LogP contribution in [0.4, 0.5) is 5.13 Å². The number of hydrogen-bond donors (Lipinski definition) is 1. The zero-order valence-corrected chi connectivity index (χ0v) is 13.7. The fourth-order valence-electron chi connectivity index (χ4n) is 2.78. The van der Waals surface area contributed by atoms with E-state index in [4.69, 9.17) is 9.47 Å². The Labute approximate surface area is 134 Å². The first-order chi connectivity index (χ1) is 10.7. The van der Waals surface area contributed by atoms with E-state index in [1.165, 1.54) is 4.88 Å². The number of ether oxygens (including phenoxy) is 2. The van der Waals surface area contributed by atoms with E-state index in [1.54, 1.807) is 11.3 Å². The zero-order chi connectivity index (χ0) is 15.4. The molecule has 0 radical (unpaired) electrons. The second-order valence-electron chi connectivity index (χ2n) is 5.86. The number of hydrogen-bond acceptors (Lipinski definition) is 6. The van der Waals surface area contributed by atoms with Crippen LogP contribution in [-0.2, 0) is 14.3 Å². The maximum atomic E-state index is 12.3. The predicted octanol–water partition coefficient (Wildman–Crippen LogP) is 1.20. The van der Waals surface area contributed by atoms with Crippen molar-refractivity contribution in [2.45, 2.75) is 25.9 Å². The molecule has 0 spiro atoms. The lowest BCUT2D eigenvalue weighted by Gasteiger charge is -2.32. The molecule has 1 unspecified atom stereocenters. The lowest BCUT2D eigenvalue weighted by atomic mass is 10.0. The van der Waals surface area contributed by atoms with Crippen LogP contribution in [0.2, 0.25) is 0 Å². The minimum absolute atomic E-state index is 0.00975. The Kier molecular flexibility index (Phi) is 5.28. The van der Waals surface area contributed by atoms with Crippen LogP contribution < -0.4 is 10.2 Å². The smallest absolute Gasteiger partial charge is 0.250 e. The number of carbonyl (C=O) groups is 1. The quantitative estimate of drug-likeness (QED) is 0.901. The van der Waals surface area contributed by atoms with Crippen molar-refractivity contribution in [3.8, 4) is 0 Å². The minimum atomic E-state index is -0.405. The molecule has 1 amide bonds. The van der Waals surface area contributed by atoms with Gasteiger partial charge in [0.2, 0.25) is 0 Å². The van der Waals surface area contributed by atoms with Crippen LogP contribution in [0.25, 0.3) is 0 Å². The average molecular weight is 325 g/mol. The fraction of sp³-hybridized carbons (Fsp3) is 0.733. The van der Waals surface area contributed by atoms with E-state index in [9.17, 15) is 4.79 Å². The first-order valence-corrected chi connectivity index (χ1v) is 8.68. The van der Waals surface area contributed by atoms with Gasteiger partial charge >= 0.3 is 0 Å². The van der Waals surface area contributed by atoms with Gasteiger partial charge in [0.25, 0.3) is 5.91 Å². The average Bonchev–Trinajstić information content (AvgIpc) is 3.00. The van der Waals surface area contributed by atoms with E-state index in [2.05, 4.69) is 15.2 Å². The first-order valence-electron chi connectivity index (χ1n) is 7.87. The predicted molar refractivity (Wildman–Crippen MR) is 85.4 cm³/mol. The maximum Gasteiger partial charge on any atom is 0.250 e. The summed E-state index contributed by atoms with van der Waals surface area (Å²) in [5, 5.41) is 4.01. The molecule has 2 saturated heterocycles. The summed E-state index contributed by atoms with van der Waals surface area (Å²) in [5.41, 5.74) is 0. The van der Waals surface area contributed by atoms with Crippen molar-refractivity contribution in [3.05, 3.63) is 11.1 Å². The zero-order valence-electron chi connectivity index (χ0n) is 12.9. The second kappa shape index (κ2) is 7.39. The van der Waals surface area contributed by atoms with Gasteiger partial charge in [-0.15, -0.1) is 11.3 Å². The molecule has 0 bridgehead atoms. The molecule has 22 heavy (non-hydrogen) atoms. The van der Waals surface area contributed by atoms with Crippen molar-refractivity contribution in [3.63, 3.8) is 0 Å². The third-order valence-electron chi connectivity index (χ3n) is 4.14. The van der Waals surface area contributed by atoms with Gasteiger partial charge in [-0.05, 0) is 25.7 Å². The summed E-state index contributed by atoms with van der Waals surface area (Å²) in [6.45, 7) is 6.30. The molecular weight excluding hydrogens is 302 g/mol. The Morgan fingerprint density at radius 3 is 3.00 bits per heavy atom. The topological polar surface area (TPSA) is 63.7 Å². The van der Waals surface area contributed by atoms with Gasteiger partial charge in [-0.1, -0.05) is 0 Å². The third kappa shape index (κ3) is 3.97. The van der Waals surface area contributed by atoms with Crippen LogP contribution in [0, 0.1) is 12.8 Å². The number of nitrogens with one attached hydrogen (secondary N) is 1. The summed E-state index contributed by atoms with van der Waals surface area (Å²) in [4.78, 5) is 20.0. The number of anilines is 1. The number of thiazole rings is 1. The van der Waals surface area contributed by atoms with Crippen LogP contribution >= 0.6 is 11.3 Å².